The summed E-state index contributed by atoms with van der Waals surface area (Å²) in [5, 5.41) is 5.79. The SMILES string of the molecule is CCC(COC)NC(=O)Nc1cc(SC)ccc1C. The molecule has 5 heteroatoms. The van der Waals surface area contributed by atoms with Gasteiger partial charge in [-0.05, 0) is 37.3 Å². The Labute approximate surface area is 119 Å². The van der Waals surface area contributed by atoms with E-state index in [-0.39, 0.29) is 12.1 Å². The van der Waals surface area contributed by atoms with Gasteiger partial charge in [-0.15, -0.1) is 11.8 Å². The van der Waals surface area contributed by atoms with E-state index in [0.29, 0.717) is 6.61 Å². The molecule has 1 unspecified atom stereocenters. The maximum atomic E-state index is 11.9. The number of hydrogen-bond acceptors (Lipinski definition) is 3. The molecule has 106 valence electrons. The quantitative estimate of drug-likeness (QED) is 0.787. The third-order valence-corrected chi connectivity index (χ3v) is 3.61. The average molecular weight is 282 g/mol. The molecular formula is C14H22N2O2S. The molecule has 4 nitrogen and oxygen atoms in total. The molecule has 0 heterocycles. The van der Waals surface area contributed by atoms with Gasteiger partial charge in [-0.1, -0.05) is 13.0 Å². The van der Waals surface area contributed by atoms with E-state index in [1.807, 2.05) is 38.3 Å². The Balaban J connectivity index is 2.65. The lowest BCUT2D eigenvalue weighted by molar-refractivity contribution is 0.165. The van der Waals surface area contributed by atoms with E-state index < -0.39 is 0 Å². The van der Waals surface area contributed by atoms with Crippen LogP contribution in [0.5, 0.6) is 0 Å². The number of methoxy groups -OCH3 is 1. The summed E-state index contributed by atoms with van der Waals surface area (Å²) in [7, 11) is 1.63. The summed E-state index contributed by atoms with van der Waals surface area (Å²) in [6.45, 7) is 4.52. The van der Waals surface area contributed by atoms with Crippen LogP contribution in [0.25, 0.3) is 0 Å². The minimum Gasteiger partial charge on any atom is -0.383 e. The lowest BCUT2D eigenvalue weighted by Gasteiger charge is -2.17. The van der Waals surface area contributed by atoms with Crippen LogP contribution in [0, 0.1) is 6.92 Å². The molecule has 0 aliphatic carbocycles. The van der Waals surface area contributed by atoms with Crippen LogP contribution in [0.4, 0.5) is 10.5 Å². The van der Waals surface area contributed by atoms with Crippen molar-refractivity contribution in [1.29, 1.82) is 0 Å². The van der Waals surface area contributed by atoms with E-state index in [0.717, 1.165) is 22.6 Å². The molecule has 19 heavy (non-hydrogen) atoms. The second kappa shape index (κ2) is 8.07. The standard InChI is InChI=1S/C14H22N2O2S/c1-5-11(9-18-3)15-14(17)16-13-8-12(19-4)7-6-10(13)2/h6-8,11H,5,9H2,1-4H3,(H2,15,16,17). The van der Waals surface area contributed by atoms with Gasteiger partial charge in [0.15, 0.2) is 0 Å². The fraction of sp³-hybridized carbons (Fsp3) is 0.500. The summed E-state index contributed by atoms with van der Waals surface area (Å²) in [6, 6.07) is 5.88. The van der Waals surface area contributed by atoms with Gasteiger partial charge in [0.05, 0.1) is 12.6 Å². The molecule has 0 aliphatic rings. The smallest absolute Gasteiger partial charge is 0.319 e. The summed E-state index contributed by atoms with van der Waals surface area (Å²) in [5.74, 6) is 0. The highest BCUT2D eigenvalue weighted by molar-refractivity contribution is 7.98. The van der Waals surface area contributed by atoms with Crippen LogP contribution in [0.15, 0.2) is 23.1 Å². The molecule has 0 radical (unpaired) electrons. The molecule has 1 aromatic carbocycles. The van der Waals surface area contributed by atoms with Gasteiger partial charge in [-0.2, -0.15) is 0 Å². The zero-order valence-corrected chi connectivity index (χ0v) is 12.8. The molecule has 0 bridgehead atoms. The van der Waals surface area contributed by atoms with Crippen LogP contribution in [-0.4, -0.2) is 32.0 Å². The van der Waals surface area contributed by atoms with E-state index >= 15 is 0 Å². The first-order chi connectivity index (χ1) is 9.10. The zero-order chi connectivity index (χ0) is 14.3. The van der Waals surface area contributed by atoms with Gasteiger partial charge in [0, 0.05) is 17.7 Å². The van der Waals surface area contributed by atoms with E-state index in [1.54, 1.807) is 18.9 Å². The van der Waals surface area contributed by atoms with Crippen LogP contribution in [0.2, 0.25) is 0 Å². The van der Waals surface area contributed by atoms with Crippen molar-refractivity contribution in [2.45, 2.75) is 31.2 Å². The predicted molar refractivity (Wildman–Crippen MR) is 81.1 cm³/mol. The summed E-state index contributed by atoms with van der Waals surface area (Å²) < 4.78 is 5.06. The number of benzene rings is 1. The molecule has 1 rings (SSSR count). The molecule has 0 saturated heterocycles. The Bertz CT molecular complexity index is 424. The number of amides is 2. The number of thioether (sulfide) groups is 1. The third kappa shape index (κ3) is 5.12. The normalized spacial score (nSPS) is 12.0. The average Bonchev–Trinajstić information content (AvgIpc) is 2.40. The van der Waals surface area contributed by atoms with E-state index in [9.17, 15) is 4.79 Å². The molecule has 0 aromatic heterocycles. The van der Waals surface area contributed by atoms with Crippen molar-refractivity contribution < 1.29 is 9.53 Å². The molecule has 0 saturated carbocycles. The number of urea groups is 1. The highest BCUT2D eigenvalue weighted by atomic mass is 32.2. The summed E-state index contributed by atoms with van der Waals surface area (Å²) in [4.78, 5) is 13.1. The summed E-state index contributed by atoms with van der Waals surface area (Å²) in [6.07, 6.45) is 2.85. The Morgan fingerprint density at radius 3 is 2.79 bits per heavy atom. The Hall–Kier alpha value is -1.20. The van der Waals surface area contributed by atoms with Gasteiger partial charge < -0.3 is 15.4 Å². The molecule has 0 spiro atoms. The van der Waals surface area contributed by atoms with Crippen LogP contribution in [-0.2, 0) is 4.74 Å². The minimum absolute atomic E-state index is 0.0361. The van der Waals surface area contributed by atoms with Gasteiger partial charge in [0.1, 0.15) is 0 Å². The van der Waals surface area contributed by atoms with Gasteiger partial charge in [0.2, 0.25) is 0 Å². The first-order valence-electron chi connectivity index (χ1n) is 6.31. The monoisotopic (exact) mass is 282 g/mol. The number of carbonyl (C=O) groups excluding carboxylic acids is 1. The Morgan fingerprint density at radius 2 is 2.21 bits per heavy atom. The molecule has 1 aromatic rings. The second-order valence-corrected chi connectivity index (χ2v) is 5.22. The molecule has 0 fully saturated rings. The fourth-order valence-corrected chi connectivity index (χ4v) is 2.11. The van der Waals surface area contributed by atoms with Gasteiger partial charge in [-0.25, -0.2) is 4.79 Å². The van der Waals surface area contributed by atoms with Crippen LogP contribution in [0.3, 0.4) is 0 Å². The molecule has 0 aliphatic heterocycles. The van der Waals surface area contributed by atoms with Gasteiger partial charge in [-0.3, -0.25) is 0 Å². The highest BCUT2D eigenvalue weighted by Crippen LogP contribution is 2.22. The second-order valence-electron chi connectivity index (χ2n) is 4.34. The first-order valence-corrected chi connectivity index (χ1v) is 7.54. The van der Waals surface area contributed by atoms with E-state index in [4.69, 9.17) is 4.74 Å². The van der Waals surface area contributed by atoms with Crippen LogP contribution < -0.4 is 10.6 Å². The van der Waals surface area contributed by atoms with Gasteiger partial charge >= 0.3 is 6.03 Å². The molecule has 2 amide bonds. The number of aryl methyl sites for hydroxylation is 1. The number of nitrogens with one attached hydrogen (secondary N) is 2. The third-order valence-electron chi connectivity index (χ3n) is 2.89. The van der Waals surface area contributed by atoms with Crippen molar-refractivity contribution in [3.8, 4) is 0 Å². The first kappa shape index (κ1) is 15.9. The van der Waals surface area contributed by atoms with Crippen molar-refractivity contribution in [2.75, 3.05) is 25.3 Å². The highest BCUT2D eigenvalue weighted by Gasteiger charge is 2.11. The lowest BCUT2D eigenvalue weighted by Crippen LogP contribution is -2.40. The van der Waals surface area contributed by atoms with Crippen molar-refractivity contribution in [3.05, 3.63) is 23.8 Å². The van der Waals surface area contributed by atoms with Crippen molar-refractivity contribution in [3.63, 3.8) is 0 Å². The van der Waals surface area contributed by atoms with E-state index in [1.165, 1.54) is 0 Å². The lowest BCUT2D eigenvalue weighted by atomic mass is 10.2. The zero-order valence-electron chi connectivity index (χ0n) is 11.9. The van der Waals surface area contributed by atoms with Crippen molar-refractivity contribution in [2.24, 2.45) is 0 Å². The number of ether oxygens (including phenoxy) is 1. The Kier molecular flexibility index (Phi) is 6.73. The molecular weight excluding hydrogens is 260 g/mol. The summed E-state index contributed by atoms with van der Waals surface area (Å²) >= 11 is 1.65. The Morgan fingerprint density at radius 1 is 1.47 bits per heavy atom. The minimum atomic E-state index is -0.190. The van der Waals surface area contributed by atoms with E-state index in [2.05, 4.69) is 10.6 Å². The summed E-state index contributed by atoms with van der Waals surface area (Å²) in [5.41, 5.74) is 1.89. The topological polar surface area (TPSA) is 50.4 Å². The predicted octanol–water partition coefficient (Wildman–Crippen LogP) is 3.26. The van der Waals surface area contributed by atoms with Gasteiger partial charge in [0.25, 0.3) is 0 Å². The number of hydrogen-bond donors (Lipinski definition) is 2. The fourth-order valence-electron chi connectivity index (χ4n) is 1.67. The maximum Gasteiger partial charge on any atom is 0.319 e. The molecule has 2 N–H and O–H groups in total. The maximum absolute atomic E-state index is 11.9. The van der Waals surface area contributed by atoms with Crippen LogP contribution in [0.1, 0.15) is 18.9 Å². The number of rotatable bonds is 6. The van der Waals surface area contributed by atoms with Crippen molar-refractivity contribution >= 4 is 23.5 Å². The number of carbonyl (C=O) groups is 1. The molecule has 1 atom stereocenters. The number of anilines is 1. The largest absolute Gasteiger partial charge is 0.383 e. The van der Waals surface area contributed by atoms with Crippen molar-refractivity contribution in [1.82, 2.24) is 5.32 Å². The van der Waals surface area contributed by atoms with Crippen LogP contribution >= 0.6 is 11.8 Å².